The molecule has 2 amide bonds. The molecule has 3 fully saturated rings. The summed E-state index contributed by atoms with van der Waals surface area (Å²) in [5.41, 5.74) is -0.236. The highest BCUT2D eigenvalue weighted by Gasteiger charge is 2.64. The first-order valence-corrected chi connectivity index (χ1v) is 6.30. The summed E-state index contributed by atoms with van der Waals surface area (Å²) in [6.45, 7) is 0. The molecule has 17 heavy (non-hydrogen) atoms. The number of imide groups is 1. The van der Waals surface area contributed by atoms with Crippen molar-refractivity contribution in [3.05, 3.63) is 0 Å². The first-order valence-electron chi connectivity index (χ1n) is 6.30. The van der Waals surface area contributed by atoms with Crippen molar-refractivity contribution in [2.45, 2.75) is 43.7 Å². The first kappa shape index (κ1) is 11.2. The van der Waals surface area contributed by atoms with Gasteiger partial charge in [0.1, 0.15) is 0 Å². The Bertz CT molecular complexity index is 376. The zero-order valence-corrected chi connectivity index (χ0v) is 10.3. The van der Waals surface area contributed by atoms with Crippen molar-refractivity contribution >= 4 is 11.8 Å². The number of hydroxylamine groups is 2. The number of carbonyl (C=O) groups is 2. The highest BCUT2D eigenvalue weighted by molar-refractivity contribution is 6.07. The fraction of sp³-hybridized carbons (Fsp3) is 0.833. The Morgan fingerprint density at radius 2 is 1.76 bits per heavy atom. The Hall–Kier alpha value is -0.940. The van der Waals surface area contributed by atoms with E-state index in [1.54, 1.807) is 12.1 Å². The Morgan fingerprint density at radius 3 is 2.41 bits per heavy atom. The van der Waals surface area contributed by atoms with Crippen molar-refractivity contribution in [1.29, 1.82) is 0 Å². The fourth-order valence-electron chi connectivity index (χ4n) is 3.66. The summed E-state index contributed by atoms with van der Waals surface area (Å²) in [6.07, 6.45) is 4.78. The van der Waals surface area contributed by atoms with Crippen LogP contribution in [0.3, 0.4) is 0 Å². The van der Waals surface area contributed by atoms with Crippen molar-refractivity contribution in [2.75, 3.05) is 14.1 Å². The second-order valence-electron chi connectivity index (χ2n) is 5.40. The monoisotopic (exact) mass is 238 g/mol. The standard InChI is InChI=1S/C12H18N2O3/c1-13-10(15)8-9(11(13)16)17-14(2)12(8)6-4-3-5-7-12/h8-9H,3-7H2,1-2H3. The van der Waals surface area contributed by atoms with Crippen molar-refractivity contribution in [2.24, 2.45) is 5.92 Å². The van der Waals surface area contributed by atoms with Crippen LogP contribution in [0.1, 0.15) is 32.1 Å². The minimum atomic E-state index is -0.574. The largest absolute Gasteiger partial charge is 0.284 e. The third kappa shape index (κ3) is 1.27. The Morgan fingerprint density at radius 1 is 1.12 bits per heavy atom. The van der Waals surface area contributed by atoms with Gasteiger partial charge in [-0.3, -0.25) is 19.3 Å². The lowest BCUT2D eigenvalue weighted by atomic mass is 9.72. The molecule has 0 bridgehead atoms. The van der Waals surface area contributed by atoms with E-state index in [-0.39, 0.29) is 23.3 Å². The predicted octanol–water partition coefficient (Wildman–Crippen LogP) is 0.550. The number of likely N-dealkylation sites (N-methyl/N-ethyl adjacent to an activating group) is 1. The van der Waals surface area contributed by atoms with Gasteiger partial charge in [0, 0.05) is 14.1 Å². The van der Waals surface area contributed by atoms with Crippen molar-refractivity contribution < 1.29 is 14.4 Å². The SMILES string of the molecule is CN1C(=O)C2ON(C)C3(CCCCC3)C2C1=O. The molecule has 0 aromatic heterocycles. The molecule has 1 saturated carbocycles. The van der Waals surface area contributed by atoms with Crippen LogP contribution in [-0.4, -0.2) is 47.5 Å². The lowest BCUT2D eigenvalue weighted by Gasteiger charge is -2.40. The van der Waals surface area contributed by atoms with Gasteiger partial charge in [-0.25, -0.2) is 0 Å². The molecule has 5 nitrogen and oxygen atoms in total. The molecule has 2 atom stereocenters. The molecule has 0 aromatic carbocycles. The molecule has 3 aliphatic rings. The number of likely N-dealkylation sites (tertiary alicyclic amines) is 1. The molecule has 5 heteroatoms. The maximum atomic E-state index is 12.2. The van der Waals surface area contributed by atoms with Crippen LogP contribution in [0, 0.1) is 5.92 Å². The van der Waals surface area contributed by atoms with Crippen LogP contribution in [0.15, 0.2) is 0 Å². The van der Waals surface area contributed by atoms with Crippen LogP contribution in [0.5, 0.6) is 0 Å². The lowest BCUT2D eigenvalue weighted by molar-refractivity contribution is -0.187. The Labute approximate surface area is 101 Å². The van der Waals surface area contributed by atoms with Crippen LogP contribution in [-0.2, 0) is 14.4 Å². The van der Waals surface area contributed by atoms with Gasteiger partial charge in [0.2, 0.25) is 5.91 Å². The molecule has 0 radical (unpaired) electrons. The molecule has 0 aromatic rings. The molecule has 3 rings (SSSR count). The number of fused-ring (bicyclic) bond motifs is 2. The van der Waals surface area contributed by atoms with Gasteiger partial charge in [0.25, 0.3) is 5.91 Å². The molecule has 1 aliphatic carbocycles. The van der Waals surface area contributed by atoms with Gasteiger partial charge in [-0.05, 0) is 12.8 Å². The molecule has 0 N–H and O–H groups in total. The Kier molecular flexibility index (Phi) is 2.32. The number of hydrogen-bond acceptors (Lipinski definition) is 4. The maximum absolute atomic E-state index is 12.2. The van der Waals surface area contributed by atoms with Gasteiger partial charge < -0.3 is 0 Å². The lowest BCUT2D eigenvalue weighted by Crippen LogP contribution is -2.50. The van der Waals surface area contributed by atoms with Crippen LogP contribution in [0.4, 0.5) is 0 Å². The summed E-state index contributed by atoms with van der Waals surface area (Å²) in [6, 6.07) is 0. The van der Waals surface area contributed by atoms with Gasteiger partial charge in [0.15, 0.2) is 6.10 Å². The van der Waals surface area contributed by atoms with Gasteiger partial charge in [-0.2, -0.15) is 5.06 Å². The van der Waals surface area contributed by atoms with E-state index in [9.17, 15) is 9.59 Å². The summed E-state index contributed by atoms with van der Waals surface area (Å²) in [4.78, 5) is 31.0. The number of rotatable bonds is 0. The second kappa shape index (κ2) is 3.53. The summed E-state index contributed by atoms with van der Waals surface area (Å²) in [7, 11) is 3.42. The quantitative estimate of drug-likeness (QED) is 0.578. The summed E-state index contributed by atoms with van der Waals surface area (Å²) in [5, 5.41) is 1.80. The molecule has 2 unspecified atom stereocenters. The van der Waals surface area contributed by atoms with E-state index >= 15 is 0 Å². The zero-order valence-electron chi connectivity index (χ0n) is 10.3. The fourth-order valence-corrected chi connectivity index (χ4v) is 3.66. The summed E-state index contributed by atoms with van der Waals surface area (Å²) in [5.74, 6) is -0.536. The normalized spacial score (nSPS) is 36.9. The average molecular weight is 238 g/mol. The average Bonchev–Trinajstić information content (AvgIpc) is 2.72. The van der Waals surface area contributed by atoms with E-state index in [2.05, 4.69) is 0 Å². The third-order valence-electron chi connectivity index (χ3n) is 4.67. The van der Waals surface area contributed by atoms with Crippen LogP contribution in [0.25, 0.3) is 0 Å². The Balaban J connectivity index is 2.00. The number of nitrogens with zero attached hydrogens (tertiary/aromatic N) is 2. The number of hydrogen-bond donors (Lipinski definition) is 0. The van der Waals surface area contributed by atoms with Crippen molar-refractivity contribution in [3.8, 4) is 0 Å². The number of amides is 2. The topological polar surface area (TPSA) is 49.9 Å². The van der Waals surface area contributed by atoms with Gasteiger partial charge in [-0.1, -0.05) is 19.3 Å². The highest BCUT2D eigenvalue weighted by Crippen LogP contribution is 2.49. The van der Waals surface area contributed by atoms with Crippen molar-refractivity contribution in [3.63, 3.8) is 0 Å². The van der Waals surface area contributed by atoms with Crippen molar-refractivity contribution in [1.82, 2.24) is 9.96 Å². The van der Waals surface area contributed by atoms with E-state index in [0.29, 0.717) is 0 Å². The number of carbonyl (C=O) groups excluding carboxylic acids is 2. The summed E-state index contributed by atoms with van der Waals surface area (Å²) >= 11 is 0. The second-order valence-corrected chi connectivity index (χ2v) is 5.40. The summed E-state index contributed by atoms with van der Waals surface area (Å²) < 4.78 is 0. The minimum absolute atomic E-state index is 0.0637. The highest BCUT2D eigenvalue weighted by atomic mass is 16.7. The molecular weight excluding hydrogens is 220 g/mol. The maximum Gasteiger partial charge on any atom is 0.261 e. The van der Waals surface area contributed by atoms with E-state index in [0.717, 1.165) is 25.7 Å². The van der Waals surface area contributed by atoms with Gasteiger partial charge in [-0.15, -0.1) is 0 Å². The van der Waals surface area contributed by atoms with E-state index < -0.39 is 6.10 Å². The minimum Gasteiger partial charge on any atom is -0.284 e. The molecule has 2 heterocycles. The van der Waals surface area contributed by atoms with E-state index in [4.69, 9.17) is 4.84 Å². The predicted molar refractivity (Wildman–Crippen MR) is 59.7 cm³/mol. The third-order valence-corrected chi connectivity index (χ3v) is 4.67. The van der Waals surface area contributed by atoms with E-state index in [1.807, 2.05) is 7.05 Å². The van der Waals surface area contributed by atoms with E-state index in [1.165, 1.54) is 11.3 Å². The van der Waals surface area contributed by atoms with Gasteiger partial charge >= 0.3 is 0 Å². The zero-order chi connectivity index (χ0) is 12.2. The first-order chi connectivity index (χ1) is 8.08. The van der Waals surface area contributed by atoms with Crippen LogP contribution < -0.4 is 0 Å². The molecule has 2 aliphatic heterocycles. The van der Waals surface area contributed by atoms with Gasteiger partial charge in [0.05, 0.1) is 11.5 Å². The molecule has 1 spiro atoms. The molecule has 2 saturated heterocycles. The smallest absolute Gasteiger partial charge is 0.261 e. The molecule has 94 valence electrons. The molecular formula is C12H18N2O3. The van der Waals surface area contributed by atoms with Crippen LogP contribution in [0.2, 0.25) is 0 Å². The van der Waals surface area contributed by atoms with Crippen LogP contribution >= 0.6 is 0 Å².